The molecule has 26 heavy (non-hydrogen) atoms. The minimum absolute atomic E-state index is 0.104. The van der Waals surface area contributed by atoms with Gasteiger partial charge in [-0.1, -0.05) is 12.1 Å². The van der Waals surface area contributed by atoms with Crippen molar-refractivity contribution in [2.75, 3.05) is 25.5 Å². The number of anilines is 1. The van der Waals surface area contributed by atoms with Crippen molar-refractivity contribution >= 4 is 11.6 Å². The first-order chi connectivity index (χ1) is 12.7. The van der Waals surface area contributed by atoms with E-state index >= 15 is 0 Å². The van der Waals surface area contributed by atoms with E-state index in [9.17, 15) is 4.79 Å². The van der Waals surface area contributed by atoms with Gasteiger partial charge in [-0.15, -0.1) is 0 Å². The number of hydrogen-bond donors (Lipinski definition) is 2. The third kappa shape index (κ3) is 3.37. The van der Waals surface area contributed by atoms with Crippen molar-refractivity contribution < 1.29 is 14.3 Å². The number of carbonyl (C=O) groups excluding carboxylic acids is 1. The van der Waals surface area contributed by atoms with Crippen LogP contribution < -0.4 is 20.1 Å². The van der Waals surface area contributed by atoms with E-state index in [1.54, 1.807) is 19.4 Å². The topological polar surface area (TPSA) is 72.5 Å². The van der Waals surface area contributed by atoms with Gasteiger partial charge in [0.15, 0.2) is 11.5 Å². The number of rotatable bonds is 5. The van der Waals surface area contributed by atoms with Gasteiger partial charge in [0.1, 0.15) is 0 Å². The summed E-state index contributed by atoms with van der Waals surface area (Å²) in [5.41, 5.74) is 0.925. The Morgan fingerprint density at radius 1 is 1.19 bits per heavy atom. The van der Waals surface area contributed by atoms with E-state index in [1.807, 2.05) is 30.3 Å². The van der Waals surface area contributed by atoms with Crippen LogP contribution in [0.25, 0.3) is 0 Å². The highest BCUT2D eigenvalue weighted by Gasteiger charge is 2.57. The van der Waals surface area contributed by atoms with Gasteiger partial charge in [-0.05, 0) is 56.0 Å². The van der Waals surface area contributed by atoms with Crippen molar-refractivity contribution in [1.29, 1.82) is 0 Å². The molecule has 0 radical (unpaired) electrons. The average Bonchev–Trinajstić information content (AvgIpc) is 3.37. The van der Waals surface area contributed by atoms with Crippen LogP contribution in [-0.4, -0.2) is 31.1 Å². The lowest BCUT2D eigenvalue weighted by molar-refractivity contribution is -0.118. The molecule has 2 aromatic rings. The second-order valence-electron chi connectivity index (χ2n) is 7.00. The number of carbonyl (C=O) groups is 1. The second kappa shape index (κ2) is 6.96. The number of aromatic nitrogens is 1. The van der Waals surface area contributed by atoms with Crippen molar-refractivity contribution in [2.45, 2.75) is 19.3 Å². The molecule has 1 spiro atoms. The first-order valence-corrected chi connectivity index (χ1v) is 8.99. The SMILES string of the molecule is COc1ccccc1Oc1ccc(NC(=O)C2CC23CCNCC3)cn1. The fourth-order valence-electron chi connectivity index (χ4n) is 3.76. The lowest BCUT2D eigenvalue weighted by Crippen LogP contribution is -2.31. The molecule has 136 valence electrons. The number of nitrogens with one attached hydrogen (secondary N) is 2. The zero-order valence-electron chi connectivity index (χ0n) is 14.8. The molecule has 2 aliphatic rings. The van der Waals surface area contributed by atoms with Crippen molar-refractivity contribution in [2.24, 2.45) is 11.3 Å². The van der Waals surface area contributed by atoms with Gasteiger partial charge in [0.25, 0.3) is 0 Å². The molecule has 1 aliphatic carbocycles. The summed E-state index contributed by atoms with van der Waals surface area (Å²) in [7, 11) is 1.60. The summed E-state index contributed by atoms with van der Waals surface area (Å²) in [5, 5.41) is 6.35. The fourth-order valence-corrected chi connectivity index (χ4v) is 3.76. The van der Waals surface area contributed by atoms with Gasteiger partial charge >= 0.3 is 0 Å². The van der Waals surface area contributed by atoms with E-state index in [0.717, 1.165) is 32.4 Å². The molecule has 1 aromatic carbocycles. The standard InChI is InChI=1S/C20H23N3O3/c1-25-16-4-2-3-5-17(16)26-18-7-6-14(13-22-18)23-19(24)15-12-20(15)8-10-21-11-9-20/h2-7,13,15,21H,8-12H2,1H3,(H,23,24). The summed E-state index contributed by atoms with van der Waals surface area (Å²) < 4.78 is 11.0. The molecule has 6 heteroatoms. The molecule has 2 N–H and O–H groups in total. The number of methoxy groups -OCH3 is 1. The van der Waals surface area contributed by atoms with Gasteiger partial charge in [0, 0.05) is 12.0 Å². The zero-order chi connectivity index (χ0) is 18.0. The smallest absolute Gasteiger partial charge is 0.228 e. The first kappa shape index (κ1) is 16.8. The monoisotopic (exact) mass is 353 g/mol. The van der Waals surface area contributed by atoms with Crippen molar-refractivity contribution in [1.82, 2.24) is 10.3 Å². The maximum atomic E-state index is 12.5. The van der Waals surface area contributed by atoms with Crippen molar-refractivity contribution in [3.8, 4) is 17.4 Å². The Morgan fingerprint density at radius 2 is 1.96 bits per heavy atom. The first-order valence-electron chi connectivity index (χ1n) is 8.99. The van der Waals surface area contributed by atoms with E-state index in [1.165, 1.54) is 0 Å². The number of ether oxygens (including phenoxy) is 2. The molecule has 2 fully saturated rings. The van der Waals surface area contributed by atoms with Crippen LogP contribution in [0.15, 0.2) is 42.6 Å². The lowest BCUT2D eigenvalue weighted by atomic mass is 9.92. The molecule has 1 saturated heterocycles. The third-order valence-corrected chi connectivity index (χ3v) is 5.39. The molecule has 1 saturated carbocycles. The molecule has 1 atom stereocenters. The maximum Gasteiger partial charge on any atom is 0.228 e. The minimum Gasteiger partial charge on any atom is -0.493 e. The summed E-state index contributed by atoms with van der Waals surface area (Å²) in [5.74, 6) is 1.94. The van der Waals surface area contributed by atoms with Crippen LogP contribution in [0.4, 0.5) is 5.69 Å². The van der Waals surface area contributed by atoms with Gasteiger partial charge in [-0.2, -0.15) is 0 Å². The Hall–Kier alpha value is -2.60. The summed E-state index contributed by atoms with van der Waals surface area (Å²) >= 11 is 0. The largest absolute Gasteiger partial charge is 0.493 e. The highest BCUT2D eigenvalue weighted by Crippen LogP contribution is 2.58. The van der Waals surface area contributed by atoms with E-state index in [0.29, 0.717) is 23.1 Å². The highest BCUT2D eigenvalue weighted by atomic mass is 16.5. The van der Waals surface area contributed by atoms with Crippen molar-refractivity contribution in [3.63, 3.8) is 0 Å². The van der Waals surface area contributed by atoms with Gasteiger partial charge in [0.2, 0.25) is 11.8 Å². The lowest BCUT2D eigenvalue weighted by Gasteiger charge is -2.23. The average molecular weight is 353 g/mol. The Morgan fingerprint density at radius 3 is 2.65 bits per heavy atom. The van der Waals surface area contributed by atoms with E-state index in [-0.39, 0.29) is 17.2 Å². The van der Waals surface area contributed by atoms with Gasteiger partial charge in [0.05, 0.1) is 19.0 Å². The molecule has 1 amide bonds. The Kier molecular flexibility index (Phi) is 4.51. The molecule has 4 rings (SSSR count). The summed E-state index contributed by atoms with van der Waals surface area (Å²) in [6.07, 6.45) is 4.81. The van der Waals surface area contributed by atoms with Gasteiger partial charge in [-0.3, -0.25) is 4.79 Å². The predicted octanol–water partition coefficient (Wildman–Crippen LogP) is 3.21. The molecule has 2 heterocycles. The Bertz CT molecular complexity index is 785. The van der Waals surface area contributed by atoms with E-state index in [4.69, 9.17) is 9.47 Å². The van der Waals surface area contributed by atoms with Crippen LogP contribution in [0.2, 0.25) is 0 Å². The highest BCUT2D eigenvalue weighted by molar-refractivity contribution is 5.95. The molecular weight excluding hydrogens is 330 g/mol. The van der Waals surface area contributed by atoms with E-state index < -0.39 is 0 Å². The number of para-hydroxylation sites is 2. The Labute approximate surface area is 152 Å². The molecule has 1 unspecified atom stereocenters. The normalized spacial score (nSPS) is 20.4. The summed E-state index contributed by atoms with van der Waals surface area (Å²) in [4.78, 5) is 16.8. The molecule has 0 bridgehead atoms. The molecular formula is C20H23N3O3. The second-order valence-corrected chi connectivity index (χ2v) is 7.00. The number of piperidine rings is 1. The maximum absolute atomic E-state index is 12.5. The van der Waals surface area contributed by atoms with Crippen LogP contribution in [0.1, 0.15) is 19.3 Å². The van der Waals surface area contributed by atoms with Crippen LogP contribution >= 0.6 is 0 Å². The fraction of sp³-hybridized carbons (Fsp3) is 0.400. The van der Waals surface area contributed by atoms with Crippen molar-refractivity contribution in [3.05, 3.63) is 42.6 Å². The number of nitrogens with zero attached hydrogens (tertiary/aromatic N) is 1. The third-order valence-electron chi connectivity index (χ3n) is 5.39. The van der Waals surface area contributed by atoms with Gasteiger partial charge < -0.3 is 20.1 Å². The summed E-state index contributed by atoms with van der Waals surface area (Å²) in [6, 6.07) is 11.0. The Balaban J connectivity index is 1.37. The number of pyridine rings is 1. The van der Waals surface area contributed by atoms with Crippen LogP contribution in [-0.2, 0) is 4.79 Å². The number of benzene rings is 1. The summed E-state index contributed by atoms with van der Waals surface area (Å²) in [6.45, 7) is 2.03. The van der Waals surface area contributed by atoms with Crippen LogP contribution in [0.5, 0.6) is 17.4 Å². The van der Waals surface area contributed by atoms with E-state index in [2.05, 4.69) is 15.6 Å². The molecule has 1 aliphatic heterocycles. The zero-order valence-corrected chi connectivity index (χ0v) is 14.8. The van der Waals surface area contributed by atoms with Gasteiger partial charge in [-0.25, -0.2) is 4.98 Å². The predicted molar refractivity (Wildman–Crippen MR) is 98.6 cm³/mol. The molecule has 6 nitrogen and oxygen atoms in total. The number of hydrogen-bond acceptors (Lipinski definition) is 5. The quantitative estimate of drug-likeness (QED) is 0.864. The van der Waals surface area contributed by atoms with Crippen LogP contribution in [0.3, 0.4) is 0 Å². The van der Waals surface area contributed by atoms with Crippen LogP contribution in [0, 0.1) is 11.3 Å². The minimum atomic E-state index is 0.104. The number of amides is 1. The molecule has 1 aromatic heterocycles.